The highest BCUT2D eigenvalue weighted by molar-refractivity contribution is 7.90. The Balaban J connectivity index is 1.90. The fourth-order valence-electron chi connectivity index (χ4n) is 3.30. The molecule has 0 amide bonds. The van der Waals surface area contributed by atoms with E-state index in [1.54, 1.807) is 54.6 Å². The topological polar surface area (TPSA) is 72.2 Å². The van der Waals surface area contributed by atoms with E-state index in [9.17, 15) is 13.5 Å². The monoisotopic (exact) mass is 490 g/mol. The van der Waals surface area contributed by atoms with E-state index in [1.807, 2.05) is 0 Å². The van der Waals surface area contributed by atoms with Gasteiger partial charge in [-0.3, -0.25) is 0 Å². The van der Waals surface area contributed by atoms with Gasteiger partial charge in [0.2, 0.25) is 0 Å². The van der Waals surface area contributed by atoms with Crippen molar-refractivity contribution in [2.45, 2.75) is 24.3 Å². The molecule has 0 spiro atoms. The minimum absolute atomic E-state index is 0.0959. The Hall–Kier alpha value is -2.52. The number of hydrogen-bond donors (Lipinski definition) is 1. The standard InChI is InChI=1S/C23H20ClFN2O3S2/c1-23(2,28)22-20(25)21(27(26-22)17-10-5-4-9-16(17)24)19-12-11-18(31-19)14-7-6-8-15(13-14)32(3,29)30/h4-13,28H,1-3H3. The molecule has 4 rings (SSSR count). The van der Waals surface area contributed by atoms with Crippen molar-refractivity contribution in [1.29, 1.82) is 0 Å². The van der Waals surface area contributed by atoms with Crippen molar-refractivity contribution >= 4 is 32.8 Å². The number of para-hydroxylation sites is 1. The third kappa shape index (κ3) is 4.23. The van der Waals surface area contributed by atoms with E-state index >= 15 is 4.39 Å². The molecule has 2 heterocycles. The molecule has 5 nitrogen and oxygen atoms in total. The Morgan fingerprint density at radius 3 is 2.41 bits per heavy atom. The van der Waals surface area contributed by atoms with Crippen LogP contribution in [0.25, 0.3) is 26.7 Å². The summed E-state index contributed by atoms with van der Waals surface area (Å²) in [7, 11) is -3.36. The summed E-state index contributed by atoms with van der Waals surface area (Å²) in [4.78, 5) is 1.54. The molecule has 166 valence electrons. The minimum atomic E-state index is -3.36. The van der Waals surface area contributed by atoms with E-state index in [-0.39, 0.29) is 16.3 Å². The van der Waals surface area contributed by atoms with Crippen LogP contribution in [0.15, 0.2) is 65.6 Å². The lowest BCUT2D eigenvalue weighted by molar-refractivity contribution is 0.0695. The van der Waals surface area contributed by atoms with Crippen LogP contribution in [0.4, 0.5) is 4.39 Å². The van der Waals surface area contributed by atoms with Crippen molar-refractivity contribution in [3.8, 4) is 26.7 Å². The smallest absolute Gasteiger partial charge is 0.176 e. The maximum absolute atomic E-state index is 15.6. The SMILES string of the molecule is CC(C)(O)c1nn(-c2ccccc2Cl)c(-c2ccc(-c3cccc(S(C)(=O)=O)c3)s2)c1F. The molecule has 0 unspecified atom stereocenters. The first-order chi connectivity index (χ1) is 15.0. The van der Waals surface area contributed by atoms with Crippen LogP contribution >= 0.6 is 22.9 Å². The molecule has 9 heteroatoms. The summed E-state index contributed by atoms with van der Waals surface area (Å²) in [6, 6.07) is 17.1. The lowest BCUT2D eigenvalue weighted by Gasteiger charge is -2.13. The van der Waals surface area contributed by atoms with Crippen LogP contribution in [0, 0.1) is 5.82 Å². The third-order valence-electron chi connectivity index (χ3n) is 4.87. The van der Waals surface area contributed by atoms with Crippen molar-refractivity contribution in [3.63, 3.8) is 0 Å². The minimum Gasteiger partial charge on any atom is -0.384 e. The van der Waals surface area contributed by atoms with Crippen molar-refractivity contribution in [3.05, 3.63) is 77.2 Å². The fraction of sp³-hybridized carbons (Fsp3) is 0.174. The molecule has 1 N–H and O–H groups in total. The molecular weight excluding hydrogens is 471 g/mol. The molecule has 0 saturated carbocycles. The zero-order valence-electron chi connectivity index (χ0n) is 17.5. The van der Waals surface area contributed by atoms with Crippen LogP contribution in [0.2, 0.25) is 5.02 Å². The predicted octanol–water partition coefficient (Wildman–Crippen LogP) is 5.69. The number of aromatic nitrogens is 2. The second-order valence-corrected chi connectivity index (χ2v) is 11.4. The molecular formula is C23H20ClFN2O3S2. The van der Waals surface area contributed by atoms with E-state index in [4.69, 9.17) is 11.6 Å². The Kier molecular flexibility index (Phi) is 5.75. The highest BCUT2D eigenvalue weighted by Gasteiger charge is 2.31. The van der Waals surface area contributed by atoms with Crippen LogP contribution < -0.4 is 0 Å². The van der Waals surface area contributed by atoms with Gasteiger partial charge in [0, 0.05) is 11.1 Å². The van der Waals surface area contributed by atoms with Crippen molar-refractivity contribution in [2.24, 2.45) is 0 Å². The van der Waals surface area contributed by atoms with Gasteiger partial charge in [-0.2, -0.15) is 5.10 Å². The second kappa shape index (κ2) is 8.12. The largest absolute Gasteiger partial charge is 0.384 e. The van der Waals surface area contributed by atoms with Crippen molar-refractivity contribution in [2.75, 3.05) is 6.26 Å². The maximum Gasteiger partial charge on any atom is 0.176 e. The normalized spacial score (nSPS) is 12.3. The van der Waals surface area contributed by atoms with E-state index in [1.165, 1.54) is 35.9 Å². The summed E-state index contributed by atoms with van der Waals surface area (Å²) in [5.74, 6) is -0.643. The molecule has 4 aromatic rings. The number of halogens is 2. The zero-order valence-corrected chi connectivity index (χ0v) is 19.9. The van der Waals surface area contributed by atoms with Crippen molar-refractivity contribution in [1.82, 2.24) is 9.78 Å². The molecule has 0 aliphatic heterocycles. The summed E-state index contributed by atoms with van der Waals surface area (Å²) >= 11 is 7.65. The zero-order chi connectivity index (χ0) is 23.3. The molecule has 0 aliphatic carbocycles. The molecule has 0 bridgehead atoms. The number of aliphatic hydroxyl groups is 1. The summed E-state index contributed by atoms with van der Waals surface area (Å²) in [6.07, 6.45) is 1.15. The molecule has 0 atom stereocenters. The molecule has 0 fully saturated rings. The first-order valence-corrected chi connectivity index (χ1v) is 12.7. The van der Waals surface area contributed by atoms with Gasteiger partial charge < -0.3 is 5.11 Å². The highest BCUT2D eigenvalue weighted by atomic mass is 35.5. The number of benzene rings is 2. The number of hydrogen-bond acceptors (Lipinski definition) is 5. The summed E-state index contributed by atoms with van der Waals surface area (Å²) < 4.78 is 40.8. The van der Waals surface area contributed by atoms with Gasteiger partial charge in [-0.25, -0.2) is 17.5 Å². The van der Waals surface area contributed by atoms with Crippen LogP contribution in [0.1, 0.15) is 19.5 Å². The first kappa shape index (κ1) is 22.7. The van der Waals surface area contributed by atoms with Gasteiger partial charge in [-0.1, -0.05) is 35.9 Å². The number of rotatable bonds is 5. The lowest BCUT2D eigenvalue weighted by atomic mass is 10.0. The lowest BCUT2D eigenvalue weighted by Crippen LogP contribution is -2.18. The highest BCUT2D eigenvalue weighted by Crippen LogP contribution is 2.40. The number of sulfone groups is 1. The van der Waals surface area contributed by atoms with Gasteiger partial charge in [0.1, 0.15) is 17.0 Å². The van der Waals surface area contributed by atoms with Gasteiger partial charge >= 0.3 is 0 Å². The Labute approximate surface area is 194 Å². The molecule has 0 aliphatic rings. The van der Waals surface area contributed by atoms with Crippen LogP contribution in [-0.4, -0.2) is 29.6 Å². The van der Waals surface area contributed by atoms with Gasteiger partial charge in [0.15, 0.2) is 15.7 Å². The van der Waals surface area contributed by atoms with Crippen LogP contribution in [0.3, 0.4) is 0 Å². The predicted molar refractivity (Wildman–Crippen MR) is 126 cm³/mol. The molecule has 0 saturated heterocycles. The first-order valence-electron chi connectivity index (χ1n) is 9.64. The molecule has 32 heavy (non-hydrogen) atoms. The number of thiophene rings is 1. The average molecular weight is 491 g/mol. The third-order valence-corrected chi connectivity index (χ3v) is 7.44. The molecule has 0 radical (unpaired) electrons. The van der Waals surface area contributed by atoms with Crippen LogP contribution in [-0.2, 0) is 15.4 Å². The summed E-state index contributed by atoms with van der Waals surface area (Å²) in [5, 5.41) is 15.2. The van der Waals surface area contributed by atoms with E-state index in [0.717, 1.165) is 11.1 Å². The Bertz CT molecular complexity index is 1420. The summed E-state index contributed by atoms with van der Waals surface area (Å²) in [5.41, 5.74) is -0.245. The number of nitrogens with zero attached hydrogens (tertiary/aromatic N) is 2. The Morgan fingerprint density at radius 1 is 1.06 bits per heavy atom. The van der Waals surface area contributed by atoms with Crippen LogP contribution in [0.5, 0.6) is 0 Å². The van der Waals surface area contributed by atoms with Gasteiger partial charge in [-0.05, 0) is 55.8 Å². The quantitative estimate of drug-likeness (QED) is 0.390. The van der Waals surface area contributed by atoms with Gasteiger partial charge in [0.05, 0.1) is 20.5 Å². The average Bonchev–Trinajstić information content (AvgIpc) is 3.32. The van der Waals surface area contributed by atoms with E-state index in [2.05, 4.69) is 5.10 Å². The van der Waals surface area contributed by atoms with Gasteiger partial charge in [-0.15, -0.1) is 11.3 Å². The molecule has 2 aromatic carbocycles. The van der Waals surface area contributed by atoms with E-state index in [0.29, 0.717) is 21.2 Å². The van der Waals surface area contributed by atoms with Crippen molar-refractivity contribution < 1.29 is 17.9 Å². The summed E-state index contributed by atoms with van der Waals surface area (Å²) in [6.45, 7) is 2.94. The molecule has 2 aromatic heterocycles. The Morgan fingerprint density at radius 2 is 1.75 bits per heavy atom. The maximum atomic E-state index is 15.6. The fourth-order valence-corrected chi connectivity index (χ4v) is 5.21. The van der Waals surface area contributed by atoms with E-state index < -0.39 is 21.3 Å². The second-order valence-electron chi connectivity index (χ2n) is 7.90. The van der Waals surface area contributed by atoms with Gasteiger partial charge in [0.25, 0.3) is 0 Å².